The van der Waals surface area contributed by atoms with Crippen molar-refractivity contribution in [1.29, 1.82) is 0 Å². The molecule has 1 aliphatic carbocycles. The van der Waals surface area contributed by atoms with Crippen LogP contribution in [0.25, 0.3) is 0 Å². The van der Waals surface area contributed by atoms with E-state index >= 15 is 0 Å². The molecule has 0 aliphatic heterocycles. The van der Waals surface area contributed by atoms with Gasteiger partial charge in [-0.15, -0.1) is 0 Å². The molecule has 0 saturated carbocycles. The van der Waals surface area contributed by atoms with Crippen LogP contribution in [0.3, 0.4) is 0 Å². The molecule has 2 unspecified atom stereocenters. The van der Waals surface area contributed by atoms with Gasteiger partial charge in [-0.05, 0) is 0 Å². The van der Waals surface area contributed by atoms with Gasteiger partial charge in [0.2, 0.25) is 0 Å². The molecule has 1 rings (SSSR count). The Hall–Kier alpha value is -0.195. The normalized spacial score (nSPS) is 18.6. The second-order valence-electron chi connectivity index (χ2n) is 5.56. The summed E-state index contributed by atoms with van der Waals surface area (Å²) in [6.07, 6.45) is 10.4. The first-order chi connectivity index (χ1) is 8.50. The predicted octanol–water partition coefficient (Wildman–Crippen LogP) is 3.65. The van der Waals surface area contributed by atoms with Crippen LogP contribution in [-0.4, -0.2) is 31.8 Å². The molecule has 0 saturated heterocycles. The maximum absolute atomic E-state index is 6.04. The molecule has 3 heteroatoms. The Labute approximate surface area is 115 Å². The topological polar surface area (TPSA) is 12.0 Å². The zero-order valence-corrected chi connectivity index (χ0v) is 13.1. The molecule has 18 heavy (non-hydrogen) atoms. The number of allylic oxidation sites excluding steroid dienone is 4. The van der Waals surface area contributed by atoms with Crippen molar-refractivity contribution in [2.24, 2.45) is 5.92 Å². The molecular weight excluding hydrogens is 236 g/mol. The van der Waals surface area contributed by atoms with Crippen LogP contribution >= 0.6 is 8.07 Å². The third-order valence-corrected chi connectivity index (χ3v) is 5.43. The van der Waals surface area contributed by atoms with Crippen molar-refractivity contribution >= 4 is 21.0 Å². The Morgan fingerprint density at radius 2 is 2.11 bits per heavy atom. The Morgan fingerprint density at radius 3 is 2.67 bits per heavy atom. The summed E-state index contributed by atoms with van der Waals surface area (Å²) in [5.41, 5.74) is 3.19. The maximum atomic E-state index is 6.04. The van der Waals surface area contributed by atoms with Gasteiger partial charge in [0.05, 0.1) is 0 Å². The van der Waals surface area contributed by atoms with E-state index < -0.39 is 0 Å². The van der Waals surface area contributed by atoms with Gasteiger partial charge >= 0.3 is 115 Å². The van der Waals surface area contributed by atoms with Crippen LogP contribution in [-0.2, 0) is 0 Å². The molecule has 0 heterocycles. The van der Waals surface area contributed by atoms with Gasteiger partial charge in [0.25, 0.3) is 0 Å². The third kappa shape index (κ3) is 5.63. The molecule has 0 bridgehead atoms. The van der Waals surface area contributed by atoms with Crippen molar-refractivity contribution in [2.75, 3.05) is 13.2 Å². The van der Waals surface area contributed by atoms with E-state index in [0.29, 0.717) is 11.6 Å². The quantitative estimate of drug-likeness (QED) is 0.545. The molecule has 0 spiro atoms. The first-order valence-electron chi connectivity index (χ1n) is 6.93. The van der Waals surface area contributed by atoms with E-state index in [1.165, 1.54) is 18.4 Å². The predicted molar refractivity (Wildman–Crippen MR) is 87.0 cm³/mol. The Kier molecular flexibility index (Phi) is 7.11. The third-order valence-electron chi connectivity index (χ3n) is 3.31. The molecule has 2 atom stereocenters. The summed E-state index contributed by atoms with van der Waals surface area (Å²) in [6, 6.07) is 0. The van der Waals surface area contributed by atoms with E-state index in [-0.39, 0.29) is 8.07 Å². The minimum atomic E-state index is -0.193. The van der Waals surface area contributed by atoms with Crippen LogP contribution in [0.2, 0.25) is 0 Å². The zero-order valence-electron chi connectivity index (χ0n) is 12.2. The minimum absolute atomic E-state index is 0.193. The standard InChI is InChI=1S/C15H26BNP/c1-12(2)10-15(16)11-17-18(4)13(3)14-8-6-5-7-9-14/h6,8-9,12-13,17H,5,7,10-11H2,1-4H3. The molecule has 1 aliphatic rings. The summed E-state index contributed by atoms with van der Waals surface area (Å²) >= 11 is 0. The Bertz CT molecular complexity index is 333. The van der Waals surface area contributed by atoms with Gasteiger partial charge in [-0.2, -0.15) is 0 Å². The number of rotatable bonds is 7. The van der Waals surface area contributed by atoms with Gasteiger partial charge in [0.15, 0.2) is 0 Å². The Balaban J connectivity index is 2.36. The summed E-state index contributed by atoms with van der Waals surface area (Å²) in [6.45, 7) is 9.91. The van der Waals surface area contributed by atoms with Crippen molar-refractivity contribution in [3.63, 3.8) is 0 Å². The summed E-state index contributed by atoms with van der Waals surface area (Å²) in [7, 11) is 5.84. The second-order valence-corrected chi connectivity index (χ2v) is 7.87. The fourth-order valence-electron chi connectivity index (χ4n) is 2.13. The van der Waals surface area contributed by atoms with Gasteiger partial charge in [0, 0.05) is 0 Å². The first-order valence-corrected chi connectivity index (χ1v) is 8.79. The molecule has 0 amide bonds. The number of hydrogen-bond donors (Lipinski definition) is 1. The van der Waals surface area contributed by atoms with Gasteiger partial charge in [0.1, 0.15) is 0 Å². The van der Waals surface area contributed by atoms with Crippen LogP contribution in [0, 0.1) is 5.92 Å². The molecule has 0 aromatic carbocycles. The van der Waals surface area contributed by atoms with Crippen molar-refractivity contribution < 1.29 is 0 Å². The van der Waals surface area contributed by atoms with Crippen molar-refractivity contribution in [3.8, 4) is 0 Å². The van der Waals surface area contributed by atoms with Gasteiger partial charge < -0.3 is 0 Å². The van der Waals surface area contributed by atoms with E-state index in [2.05, 4.69) is 50.8 Å². The first kappa shape index (κ1) is 15.9. The van der Waals surface area contributed by atoms with Crippen molar-refractivity contribution in [2.45, 2.75) is 45.7 Å². The molecule has 0 fully saturated rings. The summed E-state index contributed by atoms with van der Waals surface area (Å²) in [5.74, 6) is 0.649. The average molecular weight is 262 g/mol. The average Bonchev–Trinajstić information content (AvgIpc) is 2.35. The molecule has 1 N–H and O–H groups in total. The summed E-state index contributed by atoms with van der Waals surface area (Å²) in [5, 5.41) is 3.61. The summed E-state index contributed by atoms with van der Waals surface area (Å²) in [4.78, 5) is 0. The fourth-order valence-corrected chi connectivity index (χ4v) is 3.49. The van der Waals surface area contributed by atoms with Gasteiger partial charge in [-0.25, -0.2) is 0 Å². The second kappa shape index (κ2) is 8.07. The van der Waals surface area contributed by atoms with E-state index in [9.17, 15) is 0 Å². The summed E-state index contributed by atoms with van der Waals surface area (Å²) < 4.78 is 0. The molecule has 1 nitrogen and oxygen atoms in total. The number of nitrogens with one attached hydrogen (secondary N) is 1. The van der Waals surface area contributed by atoms with Crippen LogP contribution in [0.5, 0.6) is 0 Å². The number of hydrogen-bond acceptors (Lipinski definition) is 1. The van der Waals surface area contributed by atoms with Crippen LogP contribution in [0.1, 0.15) is 40.0 Å². The van der Waals surface area contributed by atoms with Gasteiger partial charge in [-0.1, -0.05) is 0 Å². The Morgan fingerprint density at radius 1 is 1.39 bits per heavy atom. The monoisotopic (exact) mass is 262 g/mol. The molecule has 1 radical (unpaired) electrons. The van der Waals surface area contributed by atoms with Crippen LogP contribution in [0.15, 0.2) is 23.8 Å². The van der Waals surface area contributed by atoms with Crippen molar-refractivity contribution in [1.82, 2.24) is 5.09 Å². The van der Waals surface area contributed by atoms with E-state index in [1.54, 1.807) is 0 Å². The fraction of sp³-hybridized carbons (Fsp3) is 0.667. The zero-order chi connectivity index (χ0) is 13.5. The van der Waals surface area contributed by atoms with E-state index in [1.807, 2.05) is 0 Å². The van der Waals surface area contributed by atoms with E-state index in [0.717, 1.165) is 18.4 Å². The molecular formula is C15H26BNP. The molecule has 99 valence electrons. The van der Waals surface area contributed by atoms with Crippen LogP contribution in [0.4, 0.5) is 0 Å². The van der Waals surface area contributed by atoms with Crippen LogP contribution < -0.4 is 5.09 Å². The van der Waals surface area contributed by atoms with E-state index in [4.69, 9.17) is 7.49 Å². The molecule has 0 aromatic heterocycles. The van der Waals surface area contributed by atoms with Crippen molar-refractivity contribution in [3.05, 3.63) is 23.8 Å². The van der Waals surface area contributed by atoms with Gasteiger partial charge in [-0.3, -0.25) is 0 Å². The molecule has 0 aromatic rings. The SMILES string of the molecule is [B]=C(CNP(C)C(C)C1=CCCC=C1)CC(C)C.